The maximum atomic E-state index is 9.48. The van der Waals surface area contributed by atoms with Crippen molar-refractivity contribution >= 4 is 32.7 Å². The first kappa shape index (κ1) is 14.7. The summed E-state index contributed by atoms with van der Waals surface area (Å²) in [7, 11) is 0. The van der Waals surface area contributed by atoms with Crippen LogP contribution in [-0.2, 0) is 0 Å². The molecule has 1 N–H and O–H groups in total. The number of nitrogens with zero attached hydrogens (tertiary/aromatic N) is 4. The Morgan fingerprint density at radius 2 is 2.05 bits per heavy atom. The van der Waals surface area contributed by atoms with Gasteiger partial charge in [0.2, 0.25) is 0 Å². The molecule has 0 saturated carbocycles. The van der Waals surface area contributed by atoms with E-state index in [4.69, 9.17) is 0 Å². The first-order chi connectivity index (χ1) is 10.1. The summed E-state index contributed by atoms with van der Waals surface area (Å²) < 4.78 is 0.946. The lowest BCUT2D eigenvalue weighted by molar-refractivity contribution is 0.123. The Morgan fingerprint density at radius 3 is 2.76 bits per heavy atom. The third kappa shape index (κ3) is 3.33. The van der Waals surface area contributed by atoms with E-state index in [-0.39, 0.29) is 6.10 Å². The van der Waals surface area contributed by atoms with Crippen LogP contribution in [0.3, 0.4) is 0 Å². The maximum Gasteiger partial charge on any atom is 0.112 e. The van der Waals surface area contributed by atoms with Crippen molar-refractivity contribution in [2.45, 2.75) is 13.0 Å². The fourth-order valence-electron chi connectivity index (χ4n) is 2.79. The summed E-state index contributed by atoms with van der Waals surface area (Å²) in [6, 6.07) is 4.03. The predicted octanol–water partition coefficient (Wildman–Crippen LogP) is 1.90. The molecule has 6 heteroatoms. The van der Waals surface area contributed by atoms with Crippen LogP contribution in [0.15, 0.2) is 29.0 Å². The lowest BCUT2D eigenvalue weighted by Gasteiger charge is -2.36. The molecule has 0 amide bonds. The molecule has 5 nitrogen and oxygen atoms in total. The van der Waals surface area contributed by atoms with E-state index in [2.05, 4.69) is 35.7 Å². The summed E-state index contributed by atoms with van der Waals surface area (Å²) in [5.74, 6) is 0. The quantitative estimate of drug-likeness (QED) is 0.915. The van der Waals surface area contributed by atoms with E-state index in [1.165, 1.54) is 0 Å². The number of anilines is 1. The highest BCUT2D eigenvalue weighted by Gasteiger charge is 2.20. The van der Waals surface area contributed by atoms with Gasteiger partial charge in [-0.15, -0.1) is 0 Å². The molecule has 0 radical (unpaired) electrons. The van der Waals surface area contributed by atoms with Crippen molar-refractivity contribution in [2.24, 2.45) is 0 Å². The van der Waals surface area contributed by atoms with Crippen LogP contribution >= 0.6 is 15.9 Å². The summed E-state index contributed by atoms with van der Waals surface area (Å²) in [6.45, 7) is 6.41. The van der Waals surface area contributed by atoms with Gasteiger partial charge in [0.05, 0.1) is 17.3 Å². The molecule has 0 spiro atoms. The Kier molecular flexibility index (Phi) is 4.37. The fraction of sp³-hybridized carbons (Fsp3) is 0.467. The van der Waals surface area contributed by atoms with Gasteiger partial charge in [0.25, 0.3) is 0 Å². The molecule has 1 saturated heterocycles. The van der Waals surface area contributed by atoms with Gasteiger partial charge in [0.1, 0.15) is 5.52 Å². The molecule has 0 unspecified atom stereocenters. The molecule has 112 valence electrons. The summed E-state index contributed by atoms with van der Waals surface area (Å²) in [6.07, 6.45) is 3.39. The van der Waals surface area contributed by atoms with Crippen molar-refractivity contribution in [2.75, 3.05) is 37.6 Å². The lowest BCUT2D eigenvalue weighted by Crippen LogP contribution is -2.48. The van der Waals surface area contributed by atoms with Gasteiger partial charge in [-0.2, -0.15) is 0 Å². The second-order valence-electron chi connectivity index (χ2n) is 5.49. The van der Waals surface area contributed by atoms with Gasteiger partial charge in [-0.25, -0.2) is 0 Å². The van der Waals surface area contributed by atoms with Crippen molar-refractivity contribution in [3.63, 3.8) is 0 Å². The van der Waals surface area contributed by atoms with Crippen LogP contribution in [0.2, 0.25) is 0 Å². The average Bonchev–Trinajstić information content (AvgIpc) is 2.46. The number of β-amino-alcohol motifs (C(OH)–C–C–N with tert-alkyl or cyclic N) is 1. The molecule has 2 aromatic heterocycles. The van der Waals surface area contributed by atoms with Crippen LogP contribution in [0, 0.1) is 0 Å². The number of rotatable bonds is 3. The van der Waals surface area contributed by atoms with Crippen LogP contribution in [0.5, 0.6) is 0 Å². The molecule has 21 heavy (non-hydrogen) atoms. The van der Waals surface area contributed by atoms with Crippen molar-refractivity contribution in [3.8, 4) is 0 Å². The summed E-state index contributed by atoms with van der Waals surface area (Å²) in [5.41, 5.74) is 3.00. The number of fused-ring (bicyclic) bond motifs is 1. The molecule has 0 aliphatic carbocycles. The molecule has 2 aromatic rings. The third-order valence-corrected chi connectivity index (χ3v) is 4.19. The van der Waals surface area contributed by atoms with E-state index in [1.807, 2.05) is 31.5 Å². The van der Waals surface area contributed by atoms with E-state index in [9.17, 15) is 5.11 Å². The van der Waals surface area contributed by atoms with Crippen molar-refractivity contribution in [3.05, 3.63) is 29.0 Å². The van der Waals surface area contributed by atoms with E-state index in [1.54, 1.807) is 0 Å². The zero-order valence-electron chi connectivity index (χ0n) is 12.0. The number of halogens is 1. The number of hydrogen-bond donors (Lipinski definition) is 1. The fourth-order valence-corrected chi connectivity index (χ4v) is 3.11. The van der Waals surface area contributed by atoms with E-state index < -0.39 is 0 Å². The van der Waals surface area contributed by atoms with E-state index >= 15 is 0 Å². The predicted molar refractivity (Wildman–Crippen MR) is 87.6 cm³/mol. The largest absolute Gasteiger partial charge is 0.392 e. The minimum Gasteiger partial charge on any atom is -0.392 e. The smallest absolute Gasteiger partial charge is 0.112 e. The number of aromatic nitrogens is 2. The molecule has 1 fully saturated rings. The molecule has 3 heterocycles. The minimum atomic E-state index is -0.266. The molecule has 0 bridgehead atoms. The van der Waals surface area contributed by atoms with Gasteiger partial charge in [-0.3, -0.25) is 14.9 Å². The molecular formula is C15H19BrN4O. The highest BCUT2D eigenvalue weighted by atomic mass is 79.9. The number of aliphatic hydroxyl groups excluding tert-OH is 1. The first-order valence-corrected chi connectivity index (χ1v) is 7.98. The Hall–Kier alpha value is -1.24. The van der Waals surface area contributed by atoms with Gasteiger partial charge in [0.15, 0.2) is 0 Å². The first-order valence-electron chi connectivity index (χ1n) is 7.19. The van der Waals surface area contributed by atoms with Crippen LogP contribution in [0.1, 0.15) is 6.92 Å². The van der Waals surface area contributed by atoms with Gasteiger partial charge < -0.3 is 10.0 Å². The second-order valence-corrected chi connectivity index (χ2v) is 6.40. The third-order valence-electron chi connectivity index (χ3n) is 3.76. The summed E-state index contributed by atoms with van der Waals surface area (Å²) in [4.78, 5) is 13.6. The Balaban J connectivity index is 1.79. The summed E-state index contributed by atoms with van der Waals surface area (Å²) in [5, 5.41) is 9.48. The van der Waals surface area contributed by atoms with Crippen molar-refractivity contribution in [1.82, 2.24) is 14.9 Å². The van der Waals surface area contributed by atoms with Crippen LogP contribution in [-0.4, -0.2) is 58.8 Å². The summed E-state index contributed by atoms with van der Waals surface area (Å²) >= 11 is 3.44. The standard InChI is InChI=1S/C15H19BrN4O/c1-11(21)10-19-4-6-20(7-5-19)14-2-3-17-13-8-12(16)9-18-15(13)14/h2-3,8-9,11,21H,4-7,10H2,1H3/t11-/m1/s1. The Bertz CT molecular complexity index is 626. The molecule has 0 aromatic carbocycles. The number of piperazine rings is 1. The second kappa shape index (κ2) is 6.25. The monoisotopic (exact) mass is 350 g/mol. The normalized spacial score (nSPS) is 18.1. The van der Waals surface area contributed by atoms with Crippen molar-refractivity contribution in [1.29, 1.82) is 0 Å². The van der Waals surface area contributed by atoms with Crippen molar-refractivity contribution < 1.29 is 5.11 Å². The average molecular weight is 351 g/mol. The topological polar surface area (TPSA) is 52.5 Å². The number of pyridine rings is 2. The molecule has 1 atom stereocenters. The molecular weight excluding hydrogens is 332 g/mol. The molecule has 1 aliphatic heterocycles. The zero-order valence-corrected chi connectivity index (χ0v) is 13.6. The Morgan fingerprint density at radius 1 is 1.29 bits per heavy atom. The van der Waals surface area contributed by atoms with Gasteiger partial charge in [-0.05, 0) is 35.0 Å². The number of aliphatic hydroxyl groups is 1. The lowest BCUT2D eigenvalue weighted by atomic mass is 10.2. The van der Waals surface area contributed by atoms with Gasteiger partial charge >= 0.3 is 0 Å². The van der Waals surface area contributed by atoms with Gasteiger partial charge in [0, 0.05) is 49.6 Å². The van der Waals surface area contributed by atoms with Crippen LogP contribution < -0.4 is 4.90 Å². The Labute approximate surface area is 132 Å². The minimum absolute atomic E-state index is 0.266. The number of hydrogen-bond acceptors (Lipinski definition) is 5. The van der Waals surface area contributed by atoms with E-state index in [0.29, 0.717) is 0 Å². The van der Waals surface area contributed by atoms with Crippen LogP contribution in [0.25, 0.3) is 11.0 Å². The van der Waals surface area contributed by atoms with E-state index in [0.717, 1.165) is 53.9 Å². The molecule has 1 aliphatic rings. The zero-order chi connectivity index (χ0) is 14.8. The van der Waals surface area contributed by atoms with Crippen LogP contribution in [0.4, 0.5) is 5.69 Å². The highest BCUT2D eigenvalue weighted by Crippen LogP contribution is 2.26. The maximum absolute atomic E-state index is 9.48. The van der Waals surface area contributed by atoms with Gasteiger partial charge in [-0.1, -0.05) is 0 Å². The SMILES string of the molecule is C[C@@H](O)CN1CCN(c2ccnc3cc(Br)cnc23)CC1. The highest BCUT2D eigenvalue weighted by molar-refractivity contribution is 9.10. The molecule has 3 rings (SSSR count).